The molecule has 0 amide bonds. The summed E-state index contributed by atoms with van der Waals surface area (Å²) in [5.41, 5.74) is 1.14. The Labute approximate surface area is 62.2 Å². The van der Waals surface area contributed by atoms with Gasteiger partial charge in [0.1, 0.15) is 0 Å². The fourth-order valence-electron chi connectivity index (χ4n) is 0.553. The zero-order valence-corrected chi connectivity index (χ0v) is 6.91. The van der Waals surface area contributed by atoms with Crippen LogP contribution in [0.4, 0.5) is 0 Å². The molecule has 54 valence electrons. The minimum atomic E-state index is 0.830. The van der Waals surface area contributed by atoms with Crippen molar-refractivity contribution >= 4 is 18.3 Å². The fourth-order valence-corrected chi connectivity index (χ4v) is 0.653. The van der Waals surface area contributed by atoms with Gasteiger partial charge in [-0.05, 0) is 14.0 Å². The molecule has 0 atom stereocenters. The highest BCUT2D eigenvalue weighted by Gasteiger charge is 1.84. The highest BCUT2D eigenvalue weighted by Crippen LogP contribution is 1.78. The van der Waals surface area contributed by atoms with Gasteiger partial charge in [0, 0.05) is 24.6 Å². The van der Waals surface area contributed by atoms with Crippen molar-refractivity contribution in [2.45, 2.75) is 6.92 Å². The van der Waals surface area contributed by atoms with E-state index in [0.717, 1.165) is 24.6 Å². The van der Waals surface area contributed by atoms with Gasteiger partial charge in [-0.3, -0.25) is 4.99 Å². The van der Waals surface area contributed by atoms with Crippen molar-refractivity contribution in [3.63, 3.8) is 0 Å². The van der Waals surface area contributed by atoms with Crippen LogP contribution in [0.3, 0.4) is 0 Å². The molecule has 0 radical (unpaired) electrons. The zero-order chi connectivity index (χ0) is 7.11. The molecule has 0 aliphatic heterocycles. The number of thiol groups is 1. The second kappa shape index (κ2) is 6.11. The van der Waals surface area contributed by atoms with E-state index in [1.54, 1.807) is 0 Å². The smallest absolute Gasteiger partial charge is 0.0477 e. The molecule has 3 heteroatoms. The molecule has 0 aliphatic carbocycles. The Balaban J connectivity index is 3.30. The molecule has 0 aromatic heterocycles. The number of nitrogens with zero attached hydrogens (tertiary/aromatic N) is 1. The molecule has 0 saturated carbocycles. The summed E-state index contributed by atoms with van der Waals surface area (Å²) >= 11 is 4.04. The highest BCUT2D eigenvalue weighted by atomic mass is 32.1. The third-order valence-corrected chi connectivity index (χ3v) is 1.11. The van der Waals surface area contributed by atoms with Gasteiger partial charge in [-0.1, -0.05) is 0 Å². The first kappa shape index (κ1) is 8.98. The van der Waals surface area contributed by atoms with Crippen LogP contribution in [-0.4, -0.2) is 31.6 Å². The van der Waals surface area contributed by atoms with Crippen molar-refractivity contribution in [2.24, 2.45) is 4.99 Å². The van der Waals surface area contributed by atoms with E-state index in [-0.39, 0.29) is 0 Å². The lowest BCUT2D eigenvalue weighted by molar-refractivity contribution is 0.934. The Kier molecular flexibility index (Phi) is 6.09. The van der Waals surface area contributed by atoms with Crippen molar-refractivity contribution in [1.29, 1.82) is 0 Å². The maximum absolute atomic E-state index is 4.21. The van der Waals surface area contributed by atoms with Crippen LogP contribution in [0.25, 0.3) is 0 Å². The highest BCUT2D eigenvalue weighted by molar-refractivity contribution is 7.80. The predicted octanol–water partition coefficient (Wildman–Crippen LogP) is 0.597. The molecular weight excluding hydrogens is 132 g/mol. The van der Waals surface area contributed by atoms with E-state index >= 15 is 0 Å². The number of hydrogen-bond acceptors (Lipinski definition) is 3. The topological polar surface area (TPSA) is 24.4 Å². The van der Waals surface area contributed by atoms with Gasteiger partial charge in [0.25, 0.3) is 0 Å². The number of aliphatic imine (C=N–C) groups is 1. The molecule has 0 unspecified atom stereocenters. The Morgan fingerprint density at radius 2 is 2.33 bits per heavy atom. The average Bonchev–Trinajstić information content (AvgIpc) is 1.85. The van der Waals surface area contributed by atoms with E-state index in [9.17, 15) is 0 Å². The second-order valence-corrected chi connectivity index (χ2v) is 2.32. The van der Waals surface area contributed by atoms with Gasteiger partial charge in [-0.25, -0.2) is 0 Å². The van der Waals surface area contributed by atoms with Gasteiger partial charge in [0.2, 0.25) is 0 Å². The predicted molar refractivity (Wildman–Crippen MR) is 45.8 cm³/mol. The number of nitrogens with one attached hydrogen (secondary N) is 1. The van der Waals surface area contributed by atoms with Crippen LogP contribution in [0, 0.1) is 0 Å². The summed E-state index contributed by atoms with van der Waals surface area (Å²) in [4.78, 5) is 4.21. The van der Waals surface area contributed by atoms with Crippen molar-refractivity contribution < 1.29 is 0 Å². The molecule has 1 N–H and O–H groups in total. The summed E-state index contributed by atoms with van der Waals surface area (Å²) in [6.45, 7) is 3.73. The number of rotatable bonds is 4. The summed E-state index contributed by atoms with van der Waals surface area (Å²) in [5.74, 6) is 0.834. The number of hydrogen-bond donors (Lipinski definition) is 2. The van der Waals surface area contributed by atoms with Crippen molar-refractivity contribution in [1.82, 2.24) is 5.32 Å². The summed E-state index contributed by atoms with van der Waals surface area (Å²) < 4.78 is 0. The SMILES string of the molecule is CNCC(C)=NCCS. The molecule has 0 fully saturated rings. The molecule has 0 aromatic carbocycles. The van der Waals surface area contributed by atoms with Gasteiger partial charge in [0.05, 0.1) is 0 Å². The molecule has 0 aliphatic rings. The van der Waals surface area contributed by atoms with E-state index in [1.807, 2.05) is 14.0 Å². The first-order chi connectivity index (χ1) is 4.31. The summed E-state index contributed by atoms with van der Waals surface area (Å²) in [5, 5.41) is 3.02. The Morgan fingerprint density at radius 1 is 1.67 bits per heavy atom. The van der Waals surface area contributed by atoms with E-state index in [2.05, 4.69) is 22.9 Å². The molecular formula is C6H14N2S. The Hall–Kier alpha value is -0.0200. The fraction of sp³-hybridized carbons (Fsp3) is 0.833. The van der Waals surface area contributed by atoms with E-state index in [4.69, 9.17) is 0 Å². The van der Waals surface area contributed by atoms with Crippen molar-refractivity contribution in [3.05, 3.63) is 0 Å². The van der Waals surface area contributed by atoms with Gasteiger partial charge in [-0.15, -0.1) is 0 Å². The van der Waals surface area contributed by atoms with E-state index < -0.39 is 0 Å². The average molecular weight is 146 g/mol. The van der Waals surface area contributed by atoms with Gasteiger partial charge in [0.15, 0.2) is 0 Å². The van der Waals surface area contributed by atoms with Crippen LogP contribution in [0.1, 0.15) is 6.92 Å². The van der Waals surface area contributed by atoms with Gasteiger partial charge >= 0.3 is 0 Å². The Bertz CT molecular complexity index is 91.1. The Morgan fingerprint density at radius 3 is 2.78 bits per heavy atom. The van der Waals surface area contributed by atoms with E-state index in [0.29, 0.717) is 0 Å². The van der Waals surface area contributed by atoms with Crippen LogP contribution in [-0.2, 0) is 0 Å². The minimum Gasteiger partial charge on any atom is -0.315 e. The lowest BCUT2D eigenvalue weighted by Crippen LogP contribution is -2.16. The first-order valence-electron chi connectivity index (χ1n) is 3.06. The normalized spacial score (nSPS) is 12.1. The summed E-state index contributed by atoms with van der Waals surface area (Å²) in [6, 6.07) is 0. The molecule has 0 heterocycles. The zero-order valence-electron chi connectivity index (χ0n) is 6.02. The molecule has 9 heavy (non-hydrogen) atoms. The largest absolute Gasteiger partial charge is 0.315 e. The second-order valence-electron chi connectivity index (χ2n) is 1.87. The lowest BCUT2D eigenvalue weighted by atomic mass is 10.4. The van der Waals surface area contributed by atoms with Crippen LogP contribution in [0.5, 0.6) is 0 Å². The molecule has 0 saturated heterocycles. The monoisotopic (exact) mass is 146 g/mol. The van der Waals surface area contributed by atoms with Crippen LogP contribution >= 0.6 is 12.6 Å². The maximum Gasteiger partial charge on any atom is 0.0477 e. The molecule has 0 bridgehead atoms. The standard InChI is InChI=1S/C6H14N2S/c1-6(5-7-2)8-3-4-9/h7,9H,3-5H2,1-2H3. The van der Waals surface area contributed by atoms with Crippen LogP contribution in [0.15, 0.2) is 4.99 Å². The molecule has 0 aromatic rings. The summed E-state index contributed by atoms with van der Waals surface area (Å²) in [6.07, 6.45) is 0. The quantitative estimate of drug-likeness (QED) is 0.440. The van der Waals surface area contributed by atoms with Crippen molar-refractivity contribution in [3.8, 4) is 0 Å². The first-order valence-corrected chi connectivity index (χ1v) is 3.70. The summed E-state index contributed by atoms with van der Waals surface area (Å²) in [7, 11) is 1.92. The van der Waals surface area contributed by atoms with Crippen LogP contribution < -0.4 is 5.32 Å². The van der Waals surface area contributed by atoms with E-state index in [1.165, 1.54) is 0 Å². The van der Waals surface area contributed by atoms with Crippen LogP contribution in [0.2, 0.25) is 0 Å². The molecule has 0 spiro atoms. The van der Waals surface area contributed by atoms with Crippen molar-refractivity contribution in [2.75, 3.05) is 25.9 Å². The third kappa shape index (κ3) is 5.86. The third-order valence-electron chi connectivity index (χ3n) is 0.914. The maximum atomic E-state index is 4.21. The van der Waals surface area contributed by atoms with Gasteiger partial charge < -0.3 is 5.32 Å². The molecule has 0 rings (SSSR count). The lowest BCUT2D eigenvalue weighted by Gasteiger charge is -1.96. The van der Waals surface area contributed by atoms with Gasteiger partial charge in [-0.2, -0.15) is 12.6 Å². The minimum absolute atomic E-state index is 0.830. The molecule has 2 nitrogen and oxygen atoms in total.